The van der Waals surface area contributed by atoms with E-state index >= 15 is 0 Å². The Hall–Kier alpha value is -1.63. The van der Waals surface area contributed by atoms with Gasteiger partial charge in [0.05, 0.1) is 11.5 Å². The number of amides is 1. The molecule has 0 saturated carbocycles. The zero-order valence-corrected chi connectivity index (χ0v) is 14.3. The molecule has 6 nitrogen and oxygen atoms in total. The number of aromatic nitrogens is 1. The first-order chi connectivity index (χ1) is 11.0. The maximum Gasteiger partial charge on any atom is 0.272 e. The SMILES string of the molecule is CCN(c1ccnc(C(=O)N2CCCC2)c1)C1CCS(=O)(=O)C1. The van der Waals surface area contributed by atoms with E-state index in [1.165, 1.54) is 0 Å². The summed E-state index contributed by atoms with van der Waals surface area (Å²) in [5, 5.41) is 0. The van der Waals surface area contributed by atoms with Gasteiger partial charge in [-0.1, -0.05) is 0 Å². The second kappa shape index (κ2) is 6.47. The van der Waals surface area contributed by atoms with Crippen LogP contribution < -0.4 is 4.90 Å². The molecule has 23 heavy (non-hydrogen) atoms. The van der Waals surface area contributed by atoms with Crippen LogP contribution in [0.2, 0.25) is 0 Å². The minimum atomic E-state index is -2.93. The Kier molecular flexibility index (Phi) is 4.57. The Bertz CT molecular complexity index is 684. The van der Waals surface area contributed by atoms with E-state index in [-0.39, 0.29) is 23.5 Å². The third-order valence-corrected chi connectivity index (χ3v) is 6.43. The molecule has 0 radical (unpaired) electrons. The van der Waals surface area contributed by atoms with Crippen LogP contribution >= 0.6 is 0 Å². The van der Waals surface area contributed by atoms with Gasteiger partial charge in [-0.25, -0.2) is 8.42 Å². The molecule has 0 bridgehead atoms. The van der Waals surface area contributed by atoms with Crippen LogP contribution in [-0.4, -0.2) is 61.4 Å². The number of likely N-dealkylation sites (tertiary alicyclic amines) is 1. The molecule has 7 heteroatoms. The number of anilines is 1. The molecule has 3 heterocycles. The highest BCUT2D eigenvalue weighted by molar-refractivity contribution is 7.91. The molecule has 0 N–H and O–H groups in total. The fourth-order valence-corrected chi connectivity index (χ4v) is 5.20. The lowest BCUT2D eigenvalue weighted by Gasteiger charge is -2.29. The minimum Gasteiger partial charge on any atom is -0.368 e. The van der Waals surface area contributed by atoms with E-state index in [4.69, 9.17) is 0 Å². The molecule has 0 aliphatic carbocycles. The van der Waals surface area contributed by atoms with Crippen LogP contribution in [0.1, 0.15) is 36.7 Å². The number of rotatable bonds is 4. The summed E-state index contributed by atoms with van der Waals surface area (Å²) in [5.74, 6) is 0.414. The molecular weight excluding hydrogens is 314 g/mol. The molecule has 2 fully saturated rings. The van der Waals surface area contributed by atoms with Crippen LogP contribution in [0.4, 0.5) is 5.69 Å². The quantitative estimate of drug-likeness (QED) is 0.829. The molecule has 1 unspecified atom stereocenters. The van der Waals surface area contributed by atoms with Crippen LogP contribution in [0.25, 0.3) is 0 Å². The van der Waals surface area contributed by atoms with E-state index in [1.807, 2.05) is 17.9 Å². The number of pyridine rings is 1. The van der Waals surface area contributed by atoms with Crippen LogP contribution in [0.5, 0.6) is 0 Å². The van der Waals surface area contributed by atoms with Gasteiger partial charge in [0.1, 0.15) is 5.69 Å². The fourth-order valence-electron chi connectivity index (χ4n) is 3.47. The second-order valence-electron chi connectivity index (χ2n) is 6.24. The number of hydrogen-bond acceptors (Lipinski definition) is 5. The second-order valence-corrected chi connectivity index (χ2v) is 8.47. The van der Waals surface area contributed by atoms with Crippen molar-refractivity contribution in [3.63, 3.8) is 0 Å². The first kappa shape index (κ1) is 16.2. The summed E-state index contributed by atoms with van der Waals surface area (Å²) in [6.07, 6.45) is 4.39. The number of sulfone groups is 1. The average molecular weight is 337 g/mol. The van der Waals surface area contributed by atoms with Crippen LogP contribution in [-0.2, 0) is 9.84 Å². The van der Waals surface area contributed by atoms with Crippen molar-refractivity contribution in [1.82, 2.24) is 9.88 Å². The summed E-state index contributed by atoms with van der Waals surface area (Å²) in [5.41, 5.74) is 1.33. The highest BCUT2D eigenvalue weighted by Gasteiger charge is 2.32. The van der Waals surface area contributed by atoms with E-state index < -0.39 is 9.84 Å². The van der Waals surface area contributed by atoms with Gasteiger partial charge in [0.25, 0.3) is 5.91 Å². The van der Waals surface area contributed by atoms with Crippen molar-refractivity contribution in [2.45, 2.75) is 32.2 Å². The monoisotopic (exact) mass is 337 g/mol. The predicted molar refractivity (Wildman–Crippen MR) is 89.5 cm³/mol. The van der Waals surface area contributed by atoms with Crippen molar-refractivity contribution in [3.8, 4) is 0 Å². The van der Waals surface area contributed by atoms with E-state index in [0.29, 0.717) is 18.7 Å². The molecule has 1 atom stereocenters. The van der Waals surface area contributed by atoms with E-state index in [0.717, 1.165) is 31.6 Å². The molecule has 0 aromatic carbocycles. The molecule has 1 aromatic rings. The molecule has 1 amide bonds. The first-order valence-corrected chi connectivity index (χ1v) is 10.0. The van der Waals surface area contributed by atoms with Crippen molar-refractivity contribution in [3.05, 3.63) is 24.0 Å². The van der Waals surface area contributed by atoms with E-state index in [2.05, 4.69) is 9.88 Å². The third kappa shape index (κ3) is 3.49. The number of carbonyl (C=O) groups excluding carboxylic acids is 1. The molecule has 0 spiro atoms. The first-order valence-electron chi connectivity index (χ1n) is 8.22. The highest BCUT2D eigenvalue weighted by Crippen LogP contribution is 2.25. The Morgan fingerprint density at radius 2 is 2.13 bits per heavy atom. The van der Waals surface area contributed by atoms with Gasteiger partial charge in [0, 0.05) is 37.6 Å². The van der Waals surface area contributed by atoms with Gasteiger partial charge in [0.2, 0.25) is 0 Å². The van der Waals surface area contributed by atoms with Crippen molar-refractivity contribution in [2.75, 3.05) is 36.0 Å². The van der Waals surface area contributed by atoms with Crippen molar-refractivity contribution in [2.24, 2.45) is 0 Å². The van der Waals surface area contributed by atoms with Crippen molar-refractivity contribution < 1.29 is 13.2 Å². The lowest BCUT2D eigenvalue weighted by Crippen LogP contribution is -2.36. The summed E-state index contributed by atoms with van der Waals surface area (Å²) in [6, 6.07) is 3.65. The molecule has 2 aliphatic heterocycles. The van der Waals surface area contributed by atoms with E-state index in [1.54, 1.807) is 12.3 Å². The molecule has 2 aliphatic rings. The normalized spacial score (nSPS) is 23.2. The highest BCUT2D eigenvalue weighted by atomic mass is 32.2. The topological polar surface area (TPSA) is 70.6 Å². The Labute approximate surface area is 137 Å². The zero-order valence-electron chi connectivity index (χ0n) is 13.4. The Morgan fingerprint density at radius 1 is 1.39 bits per heavy atom. The summed E-state index contributed by atoms with van der Waals surface area (Å²) in [7, 11) is -2.93. The predicted octanol–water partition coefficient (Wildman–Crippen LogP) is 1.33. The van der Waals surface area contributed by atoms with Gasteiger partial charge in [0.15, 0.2) is 9.84 Å². The van der Waals surface area contributed by atoms with Crippen LogP contribution in [0, 0.1) is 0 Å². The number of hydrogen-bond donors (Lipinski definition) is 0. The number of carbonyl (C=O) groups is 1. The Morgan fingerprint density at radius 3 is 2.74 bits per heavy atom. The molecule has 1 aromatic heterocycles. The summed E-state index contributed by atoms with van der Waals surface area (Å²) in [4.78, 5) is 20.6. The van der Waals surface area contributed by atoms with Gasteiger partial charge < -0.3 is 9.80 Å². The summed E-state index contributed by atoms with van der Waals surface area (Å²) >= 11 is 0. The lowest BCUT2D eigenvalue weighted by molar-refractivity contribution is 0.0787. The van der Waals surface area contributed by atoms with E-state index in [9.17, 15) is 13.2 Å². The third-order valence-electron chi connectivity index (χ3n) is 4.68. The minimum absolute atomic E-state index is 0.0119. The Balaban J connectivity index is 1.81. The number of nitrogens with zero attached hydrogens (tertiary/aromatic N) is 3. The van der Waals surface area contributed by atoms with Crippen LogP contribution in [0.3, 0.4) is 0 Å². The van der Waals surface area contributed by atoms with Crippen molar-refractivity contribution >= 4 is 21.4 Å². The summed E-state index contributed by atoms with van der Waals surface area (Å²) in [6.45, 7) is 4.31. The van der Waals surface area contributed by atoms with Gasteiger partial charge >= 0.3 is 0 Å². The zero-order chi connectivity index (χ0) is 16.4. The van der Waals surface area contributed by atoms with Gasteiger partial charge in [-0.05, 0) is 38.3 Å². The maximum absolute atomic E-state index is 12.5. The molecule has 126 valence electrons. The van der Waals surface area contributed by atoms with Gasteiger partial charge in [-0.2, -0.15) is 0 Å². The maximum atomic E-state index is 12.5. The standard InChI is InChI=1S/C16H23N3O3S/c1-2-19(14-6-10-23(21,22)12-14)13-5-7-17-15(11-13)16(20)18-8-3-4-9-18/h5,7,11,14H,2-4,6,8-10,12H2,1H3. The smallest absolute Gasteiger partial charge is 0.272 e. The van der Waals surface area contributed by atoms with Crippen LogP contribution in [0.15, 0.2) is 18.3 Å². The van der Waals surface area contributed by atoms with Gasteiger partial charge in [-0.15, -0.1) is 0 Å². The molecule has 3 rings (SSSR count). The molecular formula is C16H23N3O3S. The summed E-state index contributed by atoms with van der Waals surface area (Å²) < 4.78 is 23.5. The fraction of sp³-hybridized carbons (Fsp3) is 0.625. The van der Waals surface area contributed by atoms with Gasteiger partial charge in [-0.3, -0.25) is 9.78 Å². The lowest BCUT2D eigenvalue weighted by atomic mass is 10.2. The van der Waals surface area contributed by atoms with Crippen molar-refractivity contribution in [1.29, 1.82) is 0 Å². The molecule has 2 saturated heterocycles. The average Bonchev–Trinajstić information content (AvgIpc) is 3.17. The largest absolute Gasteiger partial charge is 0.368 e.